The van der Waals surface area contributed by atoms with Gasteiger partial charge in [-0.15, -0.1) is 10.2 Å². The second kappa shape index (κ2) is 8.84. The van der Waals surface area contributed by atoms with Crippen molar-refractivity contribution in [1.82, 2.24) is 19.7 Å². The SMILES string of the molecule is Cc1c(Cl)cccc1-n1c(SC(C)c2nnc(-c3ccccc3)o2)nc2ccccc2c1=O. The van der Waals surface area contributed by atoms with E-state index in [2.05, 4.69) is 10.2 Å². The molecule has 0 spiro atoms. The number of thioether (sulfide) groups is 1. The van der Waals surface area contributed by atoms with E-state index in [9.17, 15) is 4.79 Å². The highest BCUT2D eigenvalue weighted by Gasteiger charge is 2.22. The Balaban J connectivity index is 1.60. The minimum absolute atomic E-state index is 0.156. The lowest BCUT2D eigenvalue weighted by atomic mass is 10.2. The van der Waals surface area contributed by atoms with Gasteiger partial charge in [0, 0.05) is 10.6 Å². The molecule has 0 bridgehead atoms. The van der Waals surface area contributed by atoms with Crippen molar-refractivity contribution in [3.05, 3.63) is 99.6 Å². The van der Waals surface area contributed by atoms with E-state index in [1.54, 1.807) is 16.7 Å². The number of rotatable bonds is 5. The van der Waals surface area contributed by atoms with Crippen molar-refractivity contribution < 1.29 is 4.42 Å². The first-order chi connectivity index (χ1) is 16.0. The average Bonchev–Trinajstić information content (AvgIpc) is 3.33. The molecule has 2 heterocycles. The van der Waals surface area contributed by atoms with Crippen molar-refractivity contribution >= 4 is 34.3 Å². The number of aromatic nitrogens is 4. The summed E-state index contributed by atoms with van der Waals surface area (Å²) >= 11 is 7.76. The first-order valence-corrected chi connectivity index (χ1v) is 11.6. The van der Waals surface area contributed by atoms with Crippen molar-refractivity contribution in [2.24, 2.45) is 0 Å². The van der Waals surface area contributed by atoms with Crippen LogP contribution in [0.5, 0.6) is 0 Å². The van der Waals surface area contributed by atoms with Gasteiger partial charge in [-0.25, -0.2) is 4.98 Å². The van der Waals surface area contributed by atoms with Gasteiger partial charge in [0.2, 0.25) is 11.8 Å². The summed E-state index contributed by atoms with van der Waals surface area (Å²) in [4.78, 5) is 18.3. The van der Waals surface area contributed by atoms with Crippen LogP contribution in [0.3, 0.4) is 0 Å². The molecule has 2 aromatic heterocycles. The van der Waals surface area contributed by atoms with Crippen LogP contribution < -0.4 is 5.56 Å². The van der Waals surface area contributed by atoms with Crippen molar-refractivity contribution in [3.8, 4) is 17.1 Å². The Morgan fingerprint density at radius 3 is 2.55 bits per heavy atom. The maximum absolute atomic E-state index is 13.5. The number of halogens is 1. The van der Waals surface area contributed by atoms with Gasteiger partial charge in [0.15, 0.2) is 5.16 Å². The third-order valence-corrected chi connectivity index (χ3v) is 6.77. The molecule has 164 valence electrons. The van der Waals surface area contributed by atoms with Crippen LogP contribution in [-0.2, 0) is 0 Å². The van der Waals surface area contributed by atoms with Crippen molar-refractivity contribution in [1.29, 1.82) is 0 Å². The molecule has 6 nitrogen and oxygen atoms in total. The van der Waals surface area contributed by atoms with Crippen LogP contribution in [0.4, 0.5) is 0 Å². The van der Waals surface area contributed by atoms with Crippen molar-refractivity contribution in [3.63, 3.8) is 0 Å². The highest BCUT2D eigenvalue weighted by molar-refractivity contribution is 7.99. The van der Waals surface area contributed by atoms with Crippen LogP contribution in [0.15, 0.2) is 87.2 Å². The Morgan fingerprint density at radius 1 is 0.970 bits per heavy atom. The third kappa shape index (κ3) is 4.05. The van der Waals surface area contributed by atoms with E-state index in [-0.39, 0.29) is 10.8 Å². The molecular weight excluding hydrogens is 456 g/mol. The quantitative estimate of drug-likeness (QED) is 0.221. The van der Waals surface area contributed by atoms with Gasteiger partial charge in [-0.3, -0.25) is 9.36 Å². The Labute approximate surface area is 199 Å². The zero-order valence-electron chi connectivity index (χ0n) is 17.9. The first kappa shape index (κ1) is 21.4. The van der Waals surface area contributed by atoms with Crippen LogP contribution in [0.1, 0.15) is 23.6 Å². The number of para-hydroxylation sites is 1. The van der Waals surface area contributed by atoms with Gasteiger partial charge < -0.3 is 4.42 Å². The second-order valence-corrected chi connectivity index (χ2v) is 9.22. The average molecular weight is 475 g/mol. The molecule has 8 heteroatoms. The van der Waals surface area contributed by atoms with Gasteiger partial charge in [-0.1, -0.05) is 59.8 Å². The number of hydrogen-bond donors (Lipinski definition) is 0. The fraction of sp³-hybridized carbons (Fsp3) is 0.120. The lowest BCUT2D eigenvalue weighted by Crippen LogP contribution is -2.22. The number of benzene rings is 3. The van der Waals surface area contributed by atoms with E-state index < -0.39 is 0 Å². The first-order valence-electron chi connectivity index (χ1n) is 10.4. The summed E-state index contributed by atoms with van der Waals surface area (Å²) in [6.07, 6.45) is 0. The molecule has 5 aromatic rings. The topological polar surface area (TPSA) is 73.8 Å². The van der Waals surface area contributed by atoms with Crippen LogP contribution in [0, 0.1) is 6.92 Å². The molecule has 0 N–H and O–H groups in total. The summed E-state index contributed by atoms with van der Waals surface area (Å²) in [6, 6.07) is 22.4. The summed E-state index contributed by atoms with van der Waals surface area (Å²) in [5.41, 5.74) is 2.82. The molecule has 33 heavy (non-hydrogen) atoms. The second-order valence-electron chi connectivity index (χ2n) is 7.51. The van der Waals surface area contributed by atoms with E-state index >= 15 is 0 Å². The fourth-order valence-electron chi connectivity index (χ4n) is 3.55. The highest BCUT2D eigenvalue weighted by atomic mass is 35.5. The molecule has 1 atom stereocenters. The van der Waals surface area contributed by atoms with E-state index in [1.165, 1.54) is 11.8 Å². The zero-order chi connectivity index (χ0) is 22.9. The lowest BCUT2D eigenvalue weighted by Gasteiger charge is -2.17. The van der Waals surface area contributed by atoms with Crippen LogP contribution in [0.25, 0.3) is 28.0 Å². The molecule has 3 aromatic carbocycles. The molecule has 0 saturated carbocycles. The smallest absolute Gasteiger partial charge is 0.266 e. The molecule has 0 aliphatic heterocycles. The van der Waals surface area contributed by atoms with Gasteiger partial charge in [-0.05, 0) is 55.8 Å². The number of hydrogen-bond acceptors (Lipinski definition) is 6. The molecule has 1 unspecified atom stereocenters. The monoisotopic (exact) mass is 474 g/mol. The molecule has 0 fully saturated rings. The summed E-state index contributed by atoms with van der Waals surface area (Å²) in [5, 5.41) is 9.83. The van der Waals surface area contributed by atoms with E-state index in [1.807, 2.05) is 74.5 Å². The Bertz CT molecular complexity index is 1510. The lowest BCUT2D eigenvalue weighted by molar-refractivity contribution is 0.508. The summed E-state index contributed by atoms with van der Waals surface area (Å²) in [7, 11) is 0. The molecule has 5 rings (SSSR count). The van der Waals surface area contributed by atoms with Gasteiger partial charge in [0.05, 0.1) is 21.8 Å². The molecular formula is C25H19ClN4O2S. The summed E-state index contributed by atoms with van der Waals surface area (Å²) < 4.78 is 7.54. The predicted molar refractivity (Wildman–Crippen MR) is 131 cm³/mol. The fourth-order valence-corrected chi connectivity index (χ4v) is 4.67. The minimum atomic E-state index is -0.242. The summed E-state index contributed by atoms with van der Waals surface area (Å²) in [6.45, 7) is 3.84. The van der Waals surface area contributed by atoms with E-state index in [4.69, 9.17) is 21.0 Å². The number of fused-ring (bicyclic) bond motifs is 1. The predicted octanol–water partition coefficient (Wildman–Crippen LogP) is 6.25. The minimum Gasteiger partial charge on any atom is -0.419 e. The van der Waals surface area contributed by atoms with Crippen LogP contribution in [0.2, 0.25) is 5.02 Å². The number of nitrogens with zero attached hydrogens (tertiary/aromatic N) is 4. The largest absolute Gasteiger partial charge is 0.419 e. The molecule has 0 saturated heterocycles. The normalized spacial score (nSPS) is 12.2. The standard InChI is InChI=1S/C25H19ClN4O2S/c1-15-19(26)12-8-14-21(15)30-24(31)18-11-6-7-13-20(18)27-25(30)33-16(2)22-28-29-23(32-22)17-9-4-3-5-10-17/h3-14,16H,1-2H3. The van der Waals surface area contributed by atoms with E-state index in [0.717, 1.165) is 11.1 Å². The maximum atomic E-state index is 13.5. The van der Waals surface area contributed by atoms with Crippen molar-refractivity contribution in [2.45, 2.75) is 24.3 Å². The zero-order valence-corrected chi connectivity index (χ0v) is 19.5. The molecule has 0 amide bonds. The highest BCUT2D eigenvalue weighted by Crippen LogP contribution is 2.36. The maximum Gasteiger partial charge on any atom is 0.266 e. The van der Waals surface area contributed by atoms with Gasteiger partial charge in [-0.2, -0.15) is 0 Å². The Kier molecular flexibility index (Phi) is 5.74. The molecule has 0 aliphatic carbocycles. The molecule has 0 aliphatic rings. The van der Waals surface area contributed by atoms with E-state index in [0.29, 0.717) is 38.6 Å². The third-order valence-electron chi connectivity index (χ3n) is 5.32. The van der Waals surface area contributed by atoms with Crippen LogP contribution in [-0.4, -0.2) is 19.7 Å². The van der Waals surface area contributed by atoms with Gasteiger partial charge in [0.1, 0.15) is 0 Å². The van der Waals surface area contributed by atoms with Gasteiger partial charge in [0.25, 0.3) is 5.56 Å². The van der Waals surface area contributed by atoms with Crippen LogP contribution >= 0.6 is 23.4 Å². The summed E-state index contributed by atoms with van der Waals surface area (Å²) in [5.74, 6) is 0.906. The molecule has 0 radical (unpaired) electrons. The Morgan fingerprint density at radius 2 is 1.73 bits per heavy atom. The van der Waals surface area contributed by atoms with Gasteiger partial charge >= 0.3 is 0 Å². The van der Waals surface area contributed by atoms with Crippen molar-refractivity contribution in [2.75, 3.05) is 0 Å². The Hall–Kier alpha value is -3.42.